The van der Waals surface area contributed by atoms with Gasteiger partial charge in [-0.05, 0) is 48.7 Å². The summed E-state index contributed by atoms with van der Waals surface area (Å²) in [7, 11) is 3.01. The zero-order valence-electron chi connectivity index (χ0n) is 15.9. The predicted molar refractivity (Wildman–Crippen MR) is 109 cm³/mol. The van der Waals surface area contributed by atoms with E-state index in [1.165, 1.54) is 19.8 Å². The Morgan fingerprint density at radius 2 is 1.67 bits per heavy atom. The van der Waals surface area contributed by atoms with Gasteiger partial charge < -0.3 is 25.2 Å². The largest absolute Gasteiger partial charge is 0.502 e. The van der Waals surface area contributed by atoms with E-state index in [0.29, 0.717) is 18.0 Å². The lowest BCUT2D eigenvalue weighted by Gasteiger charge is -2.13. The van der Waals surface area contributed by atoms with Crippen LogP contribution in [0.5, 0.6) is 17.2 Å². The van der Waals surface area contributed by atoms with E-state index >= 15 is 0 Å². The molecule has 2 aromatic rings. The zero-order chi connectivity index (χ0) is 19.6. The number of ether oxygens (including phenoxy) is 2. The molecule has 2 rings (SSSR count). The first-order valence-electron chi connectivity index (χ1n) is 8.77. The molecule has 0 heterocycles. The molecule has 0 aliphatic rings. The highest BCUT2D eigenvalue weighted by Crippen LogP contribution is 2.37. The highest BCUT2D eigenvalue weighted by atomic mass is 35.5. The minimum atomic E-state index is -0.0132. The van der Waals surface area contributed by atoms with Crippen LogP contribution in [0.2, 0.25) is 5.02 Å². The van der Waals surface area contributed by atoms with Gasteiger partial charge in [0, 0.05) is 18.1 Å². The molecule has 0 aliphatic carbocycles. The Labute approximate surface area is 165 Å². The number of guanidine groups is 1. The van der Waals surface area contributed by atoms with Crippen LogP contribution in [-0.4, -0.2) is 38.4 Å². The molecule has 2 aromatic carbocycles. The summed E-state index contributed by atoms with van der Waals surface area (Å²) < 4.78 is 10.4. The molecule has 0 saturated heterocycles. The fraction of sp³-hybridized carbons (Fsp3) is 0.350. The van der Waals surface area contributed by atoms with E-state index in [0.717, 1.165) is 36.1 Å². The number of phenols is 1. The van der Waals surface area contributed by atoms with Crippen molar-refractivity contribution in [3.05, 3.63) is 52.5 Å². The maximum atomic E-state index is 10.00. The topological polar surface area (TPSA) is 75.1 Å². The van der Waals surface area contributed by atoms with Crippen LogP contribution < -0.4 is 20.1 Å². The molecule has 7 heteroatoms. The van der Waals surface area contributed by atoms with Gasteiger partial charge in [0.05, 0.1) is 20.8 Å². The number of aliphatic imine (C=N–C) groups is 1. The predicted octanol–water partition coefficient (Wildman–Crippen LogP) is 3.36. The summed E-state index contributed by atoms with van der Waals surface area (Å²) in [4.78, 5) is 4.59. The number of nitrogens with one attached hydrogen (secondary N) is 2. The Morgan fingerprint density at radius 1 is 1.04 bits per heavy atom. The lowest BCUT2D eigenvalue weighted by molar-refractivity contribution is 0.339. The van der Waals surface area contributed by atoms with Crippen LogP contribution in [0.4, 0.5) is 0 Å². The van der Waals surface area contributed by atoms with Gasteiger partial charge in [-0.2, -0.15) is 0 Å². The molecule has 0 unspecified atom stereocenters. The van der Waals surface area contributed by atoms with Gasteiger partial charge >= 0.3 is 0 Å². The molecule has 6 nitrogen and oxygen atoms in total. The van der Waals surface area contributed by atoms with Crippen LogP contribution in [0.3, 0.4) is 0 Å². The van der Waals surface area contributed by atoms with E-state index in [9.17, 15) is 5.11 Å². The second-order valence-electron chi connectivity index (χ2n) is 5.85. The highest BCUT2D eigenvalue weighted by Gasteiger charge is 2.11. The molecule has 0 radical (unpaired) electrons. The lowest BCUT2D eigenvalue weighted by atomic mass is 10.1. The average Bonchev–Trinajstić information content (AvgIpc) is 2.68. The van der Waals surface area contributed by atoms with Gasteiger partial charge in [-0.1, -0.05) is 23.7 Å². The van der Waals surface area contributed by atoms with Crippen LogP contribution in [0, 0.1) is 0 Å². The first kappa shape index (κ1) is 20.7. The van der Waals surface area contributed by atoms with Gasteiger partial charge in [0.15, 0.2) is 17.5 Å². The normalized spacial score (nSPS) is 11.2. The number of rotatable bonds is 8. The van der Waals surface area contributed by atoms with E-state index in [2.05, 4.69) is 15.6 Å². The molecule has 0 aromatic heterocycles. The first-order valence-corrected chi connectivity index (χ1v) is 9.15. The lowest BCUT2D eigenvalue weighted by Crippen LogP contribution is -2.38. The van der Waals surface area contributed by atoms with E-state index in [4.69, 9.17) is 21.1 Å². The third-order valence-corrected chi connectivity index (χ3v) is 4.17. The van der Waals surface area contributed by atoms with Crippen LogP contribution >= 0.6 is 11.6 Å². The van der Waals surface area contributed by atoms with Gasteiger partial charge in [0.1, 0.15) is 0 Å². The second kappa shape index (κ2) is 10.5. The maximum absolute atomic E-state index is 10.00. The molecule has 146 valence electrons. The standard InChI is InChI=1S/C20H26ClN3O3/c1-4-22-20(23-10-9-14-5-7-16(21)8-6-14)24-13-15-11-17(26-2)19(25)18(12-15)27-3/h5-8,11-12,25H,4,9-10,13H2,1-3H3,(H2,22,23,24). The molecule has 0 fully saturated rings. The van der Waals surface area contributed by atoms with Crippen molar-refractivity contribution >= 4 is 17.6 Å². The Bertz CT molecular complexity index is 739. The van der Waals surface area contributed by atoms with E-state index in [1.54, 1.807) is 12.1 Å². The number of phenolic OH excluding ortho intramolecular Hbond substituents is 1. The third-order valence-electron chi connectivity index (χ3n) is 3.92. The number of methoxy groups -OCH3 is 2. The van der Waals surface area contributed by atoms with E-state index in [1.807, 2.05) is 31.2 Å². The summed E-state index contributed by atoms with van der Waals surface area (Å²) in [5.41, 5.74) is 2.08. The summed E-state index contributed by atoms with van der Waals surface area (Å²) in [6.45, 7) is 3.94. The van der Waals surface area contributed by atoms with Crippen LogP contribution in [0.25, 0.3) is 0 Å². The number of aromatic hydroxyl groups is 1. The number of hydrogen-bond donors (Lipinski definition) is 3. The number of halogens is 1. The highest BCUT2D eigenvalue weighted by molar-refractivity contribution is 6.30. The van der Waals surface area contributed by atoms with Gasteiger partial charge in [-0.3, -0.25) is 0 Å². The molecule has 0 spiro atoms. The maximum Gasteiger partial charge on any atom is 0.200 e. The fourth-order valence-corrected chi connectivity index (χ4v) is 2.65. The van der Waals surface area contributed by atoms with Crippen LogP contribution in [0.15, 0.2) is 41.4 Å². The molecular weight excluding hydrogens is 366 g/mol. The number of hydrogen-bond acceptors (Lipinski definition) is 4. The molecule has 0 saturated carbocycles. The van der Waals surface area contributed by atoms with Crippen molar-refractivity contribution in [2.75, 3.05) is 27.3 Å². The van der Waals surface area contributed by atoms with Gasteiger partial charge in [-0.25, -0.2) is 4.99 Å². The smallest absolute Gasteiger partial charge is 0.200 e. The zero-order valence-corrected chi connectivity index (χ0v) is 16.6. The Kier molecular flexibility index (Phi) is 8.07. The molecule has 0 aliphatic heterocycles. The summed E-state index contributed by atoms with van der Waals surface area (Å²) >= 11 is 5.91. The quantitative estimate of drug-likeness (QED) is 0.475. The second-order valence-corrected chi connectivity index (χ2v) is 6.28. The van der Waals surface area contributed by atoms with Crippen molar-refractivity contribution in [1.29, 1.82) is 0 Å². The van der Waals surface area contributed by atoms with Crippen LogP contribution in [-0.2, 0) is 13.0 Å². The summed E-state index contributed by atoms with van der Waals surface area (Å²) in [6, 6.07) is 11.3. The van der Waals surface area contributed by atoms with Gasteiger partial charge in [0.25, 0.3) is 0 Å². The fourth-order valence-electron chi connectivity index (χ4n) is 2.53. The molecule has 0 bridgehead atoms. The van der Waals surface area contributed by atoms with Gasteiger partial charge in [0.2, 0.25) is 5.75 Å². The summed E-state index contributed by atoms with van der Waals surface area (Å²) in [6.07, 6.45) is 0.864. The Morgan fingerprint density at radius 3 is 2.22 bits per heavy atom. The van der Waals surface area contributed by atoms with Crippen LogP contribution in [0.1, 0.15) is 18.1 Å². The van der Waals surface area contributed by atoms with Crippen molar-refractivity contribution in [3.8, 4) is 17.2 Å². The molecule has 0 amide bonds. The van der Waals surface area contributed by atoms with Gasteiger partial charge in [-0.15, -0.1) is 0 Å². The number of nitrogens with zero attached hydrogens (tertiary/aromatic N) is 1. The van der Waals surface area contributed by atoms with Crippen molar-refractivity contribution in [1.82, 2.24) is 10.6 Å². The number of benzene rings is 2. The molecule has 0 atom stereocenters. The average molecular weight is 392 g/mol. The van der Waals surface area contributed by atoms with Crippen molar-refractivity contribution in [2.45, 2.75) is 19.9 Å². The molecular formula is C20H26ClN3O3. The Balaban J connectivity index is 2.01. The summed E-state index contributed by atoms with van der Waals surface area (Å²) in [5, 5.41) is 17.3. The molecule has 27 heavy (non-hydrogen) atoms. The summed E-state index contributed by atoms with van der Waals surface area (Å²) in [5.74, 6) is 1.43. The SMILES string of the molecule is CCNC(=NCc1cc(OC)c(O)c(OC)c1)NCCc1ccc(Cl)cc1. The van der Waals surface area contributed by atoms with E-state index < -0.39 is 0 Å². The van der Waals surface area contributed by atoms with Crippen molar-refractivity contribution in [2.24, 2.45) is 4.99 Å². The third kappa shape index (κ3) is 6.25. The molecule has 3 N–H and O–H groups in total. The monoisotopic (exact) mass is 391 g/mol. The minimum absolute atomic E-state index is 0.0132. The van der Waals surface area contributed by atoms with Crippen molar-refractivity contribution in [3.63, 3.8) is 0 Å². The minimum Gasteiger partial charge on any atom is -0.502 e. The Hall–Kier alpha value is -2.60. The first-order chi connectivity index (χ1) is 13.1. The van der Waals surface area contributed by atoms with Crippen molar-refractivity contribution < 1.29 is 14.6 Å². The van der Waals surface area contributed by atoms with E-state index in [-0.39, 0.29) is 5.75 Å².